The van der Waals surface area contributed by atoms with Crippen molar-refractivity contribution in [3.63, 3.8) is 0 Å². The van der Waals surface area contributed by atoms with Crippen LogP contribution in [-0.2, 0) is 25.9 Å². The summed E-state index contributed by atoms with van der Waals surface area (Å²) in [7, 11) is 0. The summed E-state index contributed by atoms with van der Waals surface area (Å²) in [5.41, 5.74) is 1.53. The van der Waals surface area contributed by atoms with E-state index in [4.69, 9.17) is 5.11 Å². The lowest BCUT2D eigenvalue weighted by Gasteiger charge is -2.00. The summed E-state index contributed by atoms with van der Waals surface area (Å²) in [6.45, 7) is 1.61. The Labute approximate surface area is 119 Å². The van der Waals surface area contributed by atoms with Crippen LogP contribution in [0.25, 0.3) is 0 Å². The van der Waals surface area contributed by atoms with Crippen LogP contribution in [0.5, 0.6) is 0 Å². The predicted molar refractivity (Wildman–Crippen MR) is 78.2 cm³/mol. The van der Waals surface area contributed by atoms with Gasteiger partial charge in [0.05, 0.1) is 0 Å². The van der Waals surface area contributed by atoms with E-state index < -0.39 is 5.97 Å². The highest BCUT2D eigenvalue weighted by molar-refractivity contribution is 7.14. The molecule has 0 bridgehead atoms. The summed E-state index contributed by atoms with van der Waals surface area (Å²) in [5.74, 6) is -0.842. The van der Waals surface area contributed by atoms with Crippen molar-refractivity contribution in [2.75, 3.05) is 0 Å². The first-order valence-electron chi connectivity index (χ1n) is 6.35. The highest BCUT2D eigenvalue weighted by Gasteiger charge is 2.14. The molecular formula is C14H15NO2S2. The van der Waals surface area contributed by atoms with Gasteiger partial charge in [0.15, 0.2) is 0 Å². The maximum Gasteiger partial charge on any atom is 0.345 e. The summed E-state index contributed by atoms with van der Waals surface area (Å²) in [4.78, 5) is 15.2. The molecule has 0 fully saturated rings. The van der Waals surface area contributed by atoms with Crippen molar-refractivity contribution in [2.24, 2.45) is 0 Å². The molecule has 3 rings (SSSR count). The van der Waals surface area contributed by atoms with Gasteiger partial charge in [-0.1, -0.05) is 0 Å². The number of aryl methyl sites for hydroxylation is 2. The molecule has 2 aromatic rings. The van der Waals surface area contributed by atoms with Gasteiger partial charge < -0.3 is 10.4 Å². The van der Waals surface area contributed by atoms with E-state index in [1.807, 2.05) is 17.4 Å². The first-order valence-corrected chi connectivity index (χ1v) is 7.99. The molecule has 0 radical (unpaired) electrons. The fourth-order valence-corrected chi connectivity index (χ4v) is 4.42. The number of thiophene rings is 2. The number of aromatic carboxylic acids is 1. The maximum atomic E-state index is 10.8. The van der Waals surface area contributed by atoms with Gasteiger partial charge in [0.2, 0.25) is 0 Å². The number of nitrogens with one attached hydrogen (secondary N) is 1. The zero-order valence-electron chi connectivity index (χ0n) is 10.4. The highest BCUT2D eigenvalue weighted by atomic mass is 32.1. The summed E-state index contributed by atoms with van der Waals surface area (Å²) in [5, 5.41) is 12.2. The summed E-state index contributed by atoms with van der Waals surface area (Å²) < 4.78 is 0. The third-order valence-electron chi connectivity index (χ3n) is 3.27. The average Bonchev–Trinajstić information content (AvgIpc) is 3.02. The second-order valence-electron chi connectivity index (χ2n) is 4.69. The molecule has 19 heavy (non-hydrogen) atoms. The van der Waals surface area contributed by atoms with Gasteiger partial charge in [0.25, 0.3) is 0 Å². The van der Waals surface area contributed by atoms with E-state index in [0.29, 0.717) is 4.88 Å². The summed E-state index contributed by atoms with van der Waals surface area (Å²) >= 11 is 3.26. The fourth-order valence-electron chi connectivity index (χ4n) is 2.37. The molecule has 2 N–H and O–H groups in total. The highest BCUT2D eigenvalue weighted by Crippen LogP contribution is 2.30. The van der Waals surface area contributed by atoms with E-state index in [-0.39, 0.29) is 0 Å². The van der Waals surface area contributed by atoms with Crippen LogP contribution in [0.2, 0.25) is 0 Å². The van der Waals surface area contributed by atoms with Gasteiger partial charge in [-0.3, -0.25) is 0 Å². The van der Waals surface area contributed by atoms with Gasteiger partial charge in [0.1, 0.15) is 4.88 Å². The van der Waals surface area contributed by atoms with Crippen molar-refractivity contribution in [2.45, 2.75) is 32.4 Å². The molecule has 0 saturated carbocycles. The summed E-state index contributed by atoms with van der Waals surface area (Å²) in [6, 6.07) is 5.87. The SMILES string of the molecule is O=C(O)c1ccc(CNCc2cc3c(s2)CCC3)s1. The molecule has 3 nitrogen and oxygen atoms in total. The topological polar surface area (TPSA) is 49.3 Å². The van der Waals surface area contributed by atoms with Crippen LogP contribution in [0.3, 0.4) is 0 Å². The monoisotopic (exact) mass is 293 g/mol. The third-order valence-corrected chi connectivity index (χ3v) is 5.58. The Morgan fingerprint density at radius 1 is 1.21 bits per heavy atom. The second kappa shape index (κ2) is 5.45. The molecule has 0 unspecified atom stereocenters. The van der Waals surface area contributed by atoms with Gasteiger partial charge in [0, 0.05) is 27.7 Å². The molecule has 2 aromatic heterocycles. The van der Waals surface area contributed by atoms with E-state index in [2.05, 4.69) is 11.4 Å². The number of hydrogen-bond donors (Lipinski definition) is 2. The van der Waals surface area contributed by atoms with Gasteiger partial charge >= 0.3 is 5.97 Å². The minimum absolute atomic E-state index is 0.409. The Kier molecular flexibility index (Phi) is 3.68. The number of fused-ring (bicyclic) bond motifs is 1. The number of rotatable bonds is 5. The molecule has 5 heteroatoms. The van der Waals surface area contributed by atoms with E-state index in [1.54, 1.807) is 10.9 Å². The Hall–Kier alpha value is -1.17. The van der Waals surface area contributed by atoms with Crippen molar-refractivity contribution in [3.05, 3.63) is 43.3 Å². The number of carbonyl (C=O) groups is 1. The zero-order valence-corrected chi connectivity index (χ0v) is 12.1. The Bertz CT molecular complexity index is 579. The first kappa shape index (κ1) is 12.8. The molecule has 0 aromatic carbocycles. The van der Waals surface area contributed by atoms with Crippen molar-refractivity contribution < 1.29 is 9.90 Å². The average molecular weight is 293 g/mol. The normalized spacial score (nSPS) is 13.7. The molecule has 0 aliphatic heterocycles. The lowest BCUT2D eigenvalue weighted by molar-refractivity contribution is 0.0702. The molecule has 0 amide bonds. The molecule has 0 atom stereocenters. The minimum Gasteiger partial charge on any atom is -0.477 e. The molecular weight excluding hydrogens is 278 g/mol. The number of hydrogen-bond acceptors (Lipinski definition) is 4. The van der Waals surface area contributed by atoms with Crippen LogP contribution in [0, 0.1) is 0 Å². The maximum absolute atomic E-state index is 10.8. The minimum atomic E-state index is -0.842. The van der Waals surface area contributed by atoms with Gasteiger partial charge in [-0.15, -0.1) is 22.7 Å². The van der Waals surface area contributed by atoms with Crippen LogP contribution in [0.4, 0.5) is 0 Å². The van der Waals surface area contributed by atoms with E-state index >= 15 is 0 Å². The largest absolute Gasteiger partial charge is 0.477 e. The Balaban J connectivity index is 1.53. The molecule has 0 saturated heterocycles. The van der Waals surface area contributed by atoms with Crippen LogP contribution in [0.1, 0.15) is 36.3 Å². The van der Waals surface area contributed by atoms with Crippen molar-refractivity contribution in [1.82, 2.24) is 5.32 Å². The fraction of sp³-hybridized carbons (Fsp3) is 0.357. The van der Waals surface area contributed by atoms with Crippen LogP contribution < -0.4 is 5.32 Å². The molecule has 100 valence electrons. The molecule has 1 aliphatic carbocycles. The van der Waals surface area contributed by atoms with Crippen LogP contribution in [-0.4, -0.2) is 11.1 Å². The Morgan fingerprint density at radius 2 is 2.05 bits per heavy atom. The molecule has 0 spiro atoms. The van der Waals surface area contributed by atoms with E-state index in [0.717, 1.165) is 18.0 Å². The predicted octanol–water partition coefficient (Wildman–Crippen LogP) is 3.29. The van der Waals surface area contributed by atoms with E-state index in [9.17, 15) is 4.79 Å². The first-order chi connectivity index (χ1) is 9.22. The lowest BCUT2D eigenvalue weighted by Crippen LogP contribution is -2.10. The van der Waals surface area contributed by atoms with Crippen molar-refractivity contribution in [3.8, 4) is 0 Å². The van der Waals surface area contributed by atoms with Crippen LogP contribution >= 0.6 is 22.7 Å². The lowest BCUT2D eigenvalue weighted by atomic mass is 10.2. The van der Waals surface area contributed by atoms with Gasteiger partial charge in [-0.25, -0.2) is 4.79 Å². The zero-order chi connectivity index (χ0) is 13.2. The Morgan fingerprint density at radius 3 is 2.79 bits per heavy atom. The van der Waals surface area contributed by atoms with Crippen LogP contribution in [0.15, 0.2) is 18.2 Å². The van der Waals surface area contributed by atoms with Gasteiger partial charge in [-0.05, 0) is 43.0 Å². The number of carboxylic acid groups (broad SMARTS) is 1. The second-order valence-corrected chi connectivity index (χ2v) is 7.08. The summed E-state index contributed by atoms with van der Waals surface area (Å²) in [6.07, 6.45) is 3.79. The number of carboxylic acids is 1. The van der Waals surface area contributed by atoms with Crippen molar-refractivity contribution in [1.29, 1.82) is 0 Å². The molecule has 2 heterocycles. The smallest absolute Gasteiger partial charge is 0.345 e. The van der Waals surface area contributed by atoms with Gasteiger partial charge in [-0.2, -0.15) is 0 Å². The quantitative estimate of drug-likeness (QED) is 0.889. The standard InChI is InChI=1S/C14H15NO2S2/c16-14(17)13-5-4-10(18-13)7-15-8-11-6-9-2-1-3-12(9)19-11/h4-6,15H,1-3,7-8H2,(H,16,17). The van der Waals surface area contributed by atoms with E-state index in [1.165, 1.54) is 41.0 Å². The molecule has 1 aliphatic rings. The third kappa shape index (κ3) is 2.88. The van der Waals surface area contributed by atoms with Crippen molar-refractivity contribution >= 4 is 28.6 Å².